The maximum Gasteiger partial charge on any atom is 0.243 e. The standard InChI is InChI=1S/C16H22N2O4S/c1-3-11-17(12-4-2)23(21,22)14-7-5-13(6-8-14)18-15(19)9-10-16(18)20/h5-8H,3-4,9-12H2,1-2H3. The third-order valence-corrected chi connectivity index (χ3v) is 5.64. The van der Waals surface area contributed by atoms with Crippen molar-refractivity contribution < 1.29 is 18.0 Å². The van der Waals surface area contributed by atoms with Gasteiger partial charge in [0.25, 0.3) is 0 Å². The van der Waals surface area contributed by atoms with E-state index in [0.717, 1.165) is 17.7 Å². The number of rotatable bonds is 7. The van der Waals surface area contributed by atoms with Crippen molar-refractivity contribution in [3.05, 3.63) is 24.3 Å². The van der Waals surface area contributed by atoms with Gasteiger partial charge >= 0.3 is 0 Å². The summed E-state index contributed by atoms with van der Waals surface area (Å²) in [6.45, 7) is 4.82. The predicted octanol–water partition coefficient (Wildman–Crippen LogP) is 2.15. The van der Waals surface area contributed by atoms with E-state index < -0.39 is 10.0 Å². The highest BCUT2D eigenvalue weighted by molar-refractivity contribution is 7.89. The SMILES string of the molecule is CCCN(CCC)S(=O)(=O)c1ccc(N2C(=O)CCC2=O)cc1. The molecular weight excluding hydrogens is 316 g/mol. The molecule has 0 aromatic heterocycles. The molecule has 1 heterocycles. The normalized spacial score (nSPS) is 15.7. The molecule has 1 aliphatic rings. The average Bonchev–Trinajstić information content (AvgIpc) is 2.86. The van der Waals surface area contributed by atoms with E-state index in [-0.39, 0.29) is 29.6 Å². The lowest BCUT2D eigenvalue weighted by Gasteiger charge is -2.21. The van der Waals surface area contributed by atoms with Crippen LogP contribution in [-0.2, 0) is 19.6 Å². The summed E-state index contributed by atoms with van der Waals surface area (Å²) in [6, 6.07) is 5.96. The van der Waals surface area contributed by atoms with Crippen molar-refractivity contribution in [1.82, 2.24) is 4.31 Å². The van der Waals surface area contributed by atoms with Gasteiger partial charge in [-0.3, -0.25) is 14.5 Å². The van der Waals surface area contributed by atoms with Crippen LogP contribution < -0.4 is 4.90 Å². The van der Waals surface area contributed by atoms with Crippen LogP contribution in [0.1, 0.15) is 39.5 Å². The Kier molecular flexibility index (Phi) is 5.54. The summed E-state index contributed by atoms with van der Waals surface area (Å²) in [6.07, 6.45) is 1.90. The molecule has 0 bridgehead atoms. The molecule has 0 saturated carbocycles. The molecule has 1 fully saturated rings. The molecule has 7 heteroatoms. The molecule has 0 radical (unpaired) electrons. The number of carbonyl (C=O) groups is 2. The fourth-order valence-corrected chi connectivity index (χ4v) is 4.26. The van der Waals surface area contributed by atoms with Crippen LogP contribution in [0.2, 0.25) is 0 Å². The molecule has 0 unspecified atom stereocenters. The number of hydrogen-bond acceptors (Lipinski definition) is 4. The van der Waals surface area contributed by atoms with E-state index in [9.17, 15) is 18.0 Å². The van der Waals surface area contributed by atoms with Gasteiger partial charge < -0.3 is 0 Å². The number of hydrogen-bond donors (Lipinski definition) is 0. The number of sulfonamides is 1. The minimum Gasteiger partial charge on any atom is -0.274 e. The Labute approximate surface area is 137 Å². The van der Waals surface area contributed by atoms with Crippen LogP contribution in [0.15, 0.2) is 29.2 Å². The van der Waals surface area contributed by atoms with Gasteiger partial charge in [0.1, 0.15) is 0 Å². The lowest BCUT2D eigenvalue weighted by molar-refractivity contribution is -0.121. The van der Waals surface area contributed by atoms with E-state index in [4.69, 9.17) is 0 Å². The monoisotopic (exact) mass is 338 g/mol. The zero-order chi connectivity index (χ0) is 17.0. The highest BCUT2D eigenvalue weighted by atomic mass is 32.2. The number of amides is 2. The number of anilines is 1. The zero-order valence-electron chi connectivity index (χ0n) is 13.5. The van der Waals surface area contributed by atoms with E-state index in [1.165, 1.54) is 28.6 Å². The lowest BCUT2D eigenvalue weighted by Crippen LogP contribution is -2.32. The van der Waals surface area contributed by atoms with Crippen molar-refractivity contribution in [2.75, 3.05) is 18.0 Å². The molecule has 0 aliphatic carbocycles. The van der Waals surface area contributed by atoms with Crippen LogP contribution in [0.3, 0.4) is 0 Å². The predicted molar refractivity (Wildman–Crippen MR) is 87.5 cm³/mol. The highest BCUT2D eigenvalue weighted by Crippen LogP contribution is 2.25. The van der Waals surface area contributed by atoms with E-state index in [1.54, 1.807) is 0 Å². The van der Waals surface area contributed by atoms with Crippen molar-refractivity contribution in [2.24, 2.45) is 0 Å². The van der Waals surface area contributed by atoms with Gasteiger partial charge in [-0.1, -0.05) is 13.8 Å². The van der Waals surface area contributed by atoms with Crippen LogP contribution in [0.4, 0.5) is 5.69 Å². The summed E-state index contributed by atoms with van der Waals surface area (Å²) in [5, 5.41) is 0. The molecule has 1 aromatic carbocycles. The molecule has 1 aromatic rings. The lowest BCUT2D eigenvalue weighted by atomic mass is 10.3. The van der Waals surface area contributed by atoms with E-state index >= 15 is 0 Å². The van der Waals surface area contributed by atoms with E-state index in [0.29, 0.717) is 18.8 Å². The molecule has 0 atom stereocenters. The van der Waals surface area contributed by atoms with Crippen LogP contribution in [-0.4, -0.2) is 37.6 Å². The highest BCUT2D eigenvalue weighted by Gasteiger charge is 2.30. The molecule has 0 spiro atoms. The van der Waals surface area contributed by atoms with Crippen molar-refractivity contribution in [3.63, 3.8) is 0 Å². The average molecular weight is 338 g/mol. The quantitative estimate of drug-likeness (QED) is 0.714. The molecular formula is C16H22N2O4S. The molecule has 0 N–H and O–H groups in total. The summed E-state index contributed by atoms with van der Waals surface area (Å²) in [7, 11) is -3.55. The minimum absolute atomic E-state index is 0.183. The summed E-state index contributed by atoms with van der Waals surface area (Å²) in [5.74, 6) is -0.492. The van der Waals surface area contributed by atoms with Gasteiger partial charge in [-0.05, 0) is 37.1 Å². The number of imide groups is 1. The summed E-state index contributed by atoms with van der Waals surface area (Å²) < 4.78 is 26.8. The first kappa shape index (κ1) is 17.6. The second-order valence-electron chi connectivity index (χ2n) is 5.52. The Hall–Kier alpha value is -1.73. The Morgan fingerprint density at radius 3 is 1.87 bits per heavy atom. The summed E-state index contributed by atoms with van der Waals surface area (Å²) in [5.41, 5.74) is 0.425. The van der Waals surface area contributed by atoms with Crippen molar-refractivity contribution >= 4 is 27.5 Å². The molecule has 1 saturated heterocycles. The number of nitrogens with zero attached hydrogens (tertiary/aromatic N) is 2. The Morgan fingerprint density at radius 2 is 1.43 bits per heavy atom. The van der Waals surface area contributed by atoms with Gasteiger partial charge in [-0.2, -0.15) is 4.31 Å². The second kappa shape index (κ2) is 7.23. The molecule has 23 heavy (non-hydrogen) atoms. The Bertz CT molecular complexity index is 661. The van der Waals surface area contributed by atoms with Gasteiger partial charge in [0, 0.05) is 25.9 Å². The van der Waals surface area contributed by atoms with Crippen LogP contribution in [0.25, 0.3) is 0 Å². The fraction of sp³-hybridized carbons (Fsp3) is 0.500. The topological polar surface area (TPSA) is 74.8 Å². The van der Waals surface area contributed by atoms with Crippen molar-refractivity contribution in [1.29, 1.82) is 0 Å². The Morgan fingerprint density at radius 1 is 0.957 bits per heavy atom. The first-order chi connectivity index (χ1) is 10.9. The van der Waals surface area contributed by atoms with Gasteiger partial charge in [0.15, 0.2) is 0 Å². The third kappa shape index (κ3) is 3.61. The van der Waals surface area contributed by atoms with Gasteiger partial charge in [-0.15, -0.1) is 0 Å². The maximum absolute atomic E-state index is 12.7. The molecule has 2 rings (SSSR count). The number of carbonyl (C=O) groups excluding carboxylic acids is 2. The Balaban J connectivity index is 2.27. The van der Waals surface area contributed by atoms with Crippen molar-refractivity contribution in [3.8, 4) is 0 Å². The van der Waals surface area contributed by atoms with E-state index in [1.807, 2.05) is 13.8 Å². The molecule has 126 valence electrons. The minimum atomic E-state index is -3.55. The first-order valence-electron chi connectivity index (χ1n) is 7.87. The number of benzene rings is 1. The van der Waals surface area contributed by atoms with Crippen LogP contribution in [0, 0.1) is 0 Å². The second-order valence-corrected chi connectivity index (χ2v) is 7.46. The maximum atomic E-state index is 12.7. The largest absolute Gasteiger partial charge is 0.274 e. The van der Waals surface area contributed by atoms with Gasteiger partial charge in [0.2, 0.25) is 21.8 Å². The van der Waals surface area contributed by atoms with Gasteiger partial charge in [-0.25, -0.2) is 8.42 Å². The molecule has 6 nitrogen and oxygen atoms in total. The van der Waals surface area contributed by atoms with Gasteiger partial charge in [0.05, 0.1) is 10.6 Å². The first-order valence-corrected chi connectivity index (χ1v) is 9.31. The zero-order valence-corrected chi connectivity index (χ0v) is 14.3. The summed E-state index contributed by atoms with van der Waals surface area (Å²) >= 11 is 0. The summed E-state index contributed by atoms with van der Waals surface area (Å²) in [4.78, 5) is 24.7. The molecule has 2 amide bonds. The van der Waals surface area contributed by atoms with Crippen LogP contribution in [0.5, 0.6) is 0 Å². The van der Waals surface area contributed by atoms with Crippen molar-refractivity contribution in [2.45, 2.75) is 44.4 Å². The van der Waals surface area contributed by atoms with Crippen LogP contribution >= 0.6 is 0 Å². The molecule has 1 aliphatic heterocycles. The smallest absolute Gasteiger partial charge is 0.243 e. The third-order valence-electron chi connectivity index (χ3n) is 3.73. The fourth-order valence-electron chi connectivity index (χ4n) is 2.63. The van der Waals surface area contributed by atoms with E-state index in [2.05, 4.69) is 0 Å².